The third kappa shape index (κ3) is 10.1. The number of carbonyl (C=O) groups is 4. The van der Waals surface area contributed by atoms with Gasteiger partial charge in [0, 0.05) is 29.2 Å². The lowest BCUT2D eigenvalue weighted by atomic mass is 10.1. The molecule has 0 saturated carbocycles. The van der Waals surface area contributed by atoms with E-state index in [9.17, 15) is 19.2 Å². The predicted octanol–water partition coefficient (Wildman–Crippen LogP) is 4.09. The van der Waals surface area contributed by atoms with Gasteiger partial charge < -0.3 is 19.0 Å². The van der Waals surface area contributed by atoms with E-state index in [-0.39, 0.29) is 43.9 Å². The number of carbonyl (C=O) groups excluding carboxylic acids is 4. The highest BCUT2D eigenvalue weighted by molar-refractivity contribution is 7.99. The number of ketones is 1. The van der Waals surface area contributed by atoms with Crippen LogP contribution in [0.4, 0.5) is 0 Å². The van der Waals surface area contributed by atoms with E-state index >= 15 is 0 Å². The average molecular weight is 502 g/mol. The first-order valence-corrected chi connectivity index (χ1v) is 11.7. The Balaban J connectivity index is 1.84. The molecule has 0 aromatic heterocycles. The number of oxime groups is 1. The van der Waals surface area contributed by atoms with Gasteiger partial charge in [0.2, 0.25) is 5.78 Å². The quantitative estimate of drug-likeness (QED) is 0.0999. The fraction of sp³-hybridized carbons (Fsp3) is 0.320. The Labute approximate surface area is 207 Å². The third-order valence-electron chi connectivity index (χ3n) is 4.32. The van der Waals surface area contributed by atoms with Crippen LogP contribution >= 0.6 is 11.8 Å². The van der Waals surface area contributed by atoms with Crippen molar-refractivity contribution in [1.29, 1.82) is 0 Å². The first kappa shape index (κ1) is 27.7. The molecule has 0 amide bonds. The van der Waals surface area contributed by atoms with Gasteiger partial charge in [0.05, 0.1) is 18.8 Å². The van der Waals surface area contributed by atoms with E-state index in [4.69, 9.17) is 14.2 Å². The molecular formula is C25H27NO8S. The van der Waals surface area contributed by atoms with Gasteiger partial charge in [-0.15, -0.1) is 0 Å². The van der Waals surface area contributed by atoms with E-state index < -0.39 is 11.9 Å². The monoisotopic (exact) mass is 501 g/mol. The van der Waals surface area contributed by atoms with Gasteiger partial charge in [-0.05, 0) is 55.0 Å². The summed E-state index contributed by atoms with van der Waals surface area (Å²) in [5.74, 6) is -1.72. The van der Waals surface area contributed by atoms with Crippen molar-refractivity contribution in [3.63, 3.8) is 0 Å². The lowest BCUT2D eigenvalue weighted by Crippen LogP contribution is -2.14. The summed E-state index contributed by atoms with van der Waals surface area (Å²) in [5.41, 5.74) is 1.02. The molecule has 0 radical (unpaired) electrons. The maximum atomic E-state index is 12.5. The Morgan fingerprint density at radius 2 is 1.29 bits per heavy atom. The molecule has 9 nitrogen and oxygen atoms in total. The van der Waals surface area contributed by atoms with Gasteiger partial charge in [0.15, 0.2) is 0 Å². The summed E-state index contributed by atoms with van der Waals surface area (Å²) in [4.78, 5) is 52.6. The minimum Gasteiger partial charge on any atom is -0.463 e. The van der Waals surface area contributed by atoms with E-state index in [1.807, 2.05) is 0 Å². The lowest BCUT2D eigenvalue weighted by Gasteiger charge is -2.07. The number of esters is 2. The second kappa shape index (κ2) is 14.7. The van der Waals surface area contributed by atoms with Crippen LogP contribution in [0.5, 0.6) is 0 Å². The van der Waals surface area contributed by atoms with Crippen LogP contribution in [0.2, 0.25) is 0 Å². The standard InChI is InChI=1S/C25H27NO8S/c1-4-23(26-34-18(3)28)24(29)19-5-9-21(10-6-19)35-22-11-7-20(8-12-22)25(30)33-16-14-31-13-15-32-17(2)27/h5-12H,4,13-16H2,1-3H3/b26-23+. The second-order valence-electron chi connectivity index (χ2n) is 7.04. The van der Waals surface area contributed by atoms with Gasteiger partial charge in [-0.25, -0.2) is 9.59 Å². The van der Waals surface area contributed by atoms with E-state index in [0.717, 1.165) is 9.79 Å². The highest BCUT2D eigenvalue weighted by Gasteiger charge is 2.14. The van der Waals surface area contributed by atoms with Crippen molar-refractivity contribution in [2.45, 2.75) is 37.0 Å². The molecule has 0 saturated heterocycles. The molecule has 0 fully saturated rings. The van der Waals surface area contributed by atoms with Gasteiger partial charge in [-0.2, -0.15) is 0 Å². The smallest absolute Gasteiger partial charge is 0.338 e. The number of benzene rings is 2. The summed E-state index contributed by atoms with van der Waals surface area (Å²) in [7, 11) is 0. The van der Waals surface area contributed by atoms with Crippen molar-refractivity contribution in [1.82, 2.24) is 0 Å². The molecule has 0 atom stereocenters. The Kier molecular flexibility index (Phi) is 11.6. The molecule has 0 aliphatic carbocycles. The number of ether oxygens (including phenoxy) is 3. The molecule has 0 bridgehead atoms. The number of nitrogens with zero attached hydrogens (tertiary/aromatic N) is 1. The molecule has 186 valence electrons. The Morgan fingerprint density at radius 3 is 1.80 bits per heavy atom. The number of Topliss-reactive ketones (excluding diaryl/α,β-unsaturated/α-hetero) is 1. The van der Waals surface area contributed by atoms with Crippen LogP contribution in [0.25, 0.3) is 0 Å². The van der Waals surface area contributed by atoms with E-state index in [1.165, 1.54) is 25.6 Å². The third-order valence-corrected chi connectivity index (χ3v) is 5.33. The minimum absolute atomic E-state index is 0.0891. The number of rotatable bonds is 13. The zero-order chi connectivity index (χ0) is 25.6. The van der Waals surface area contributed by atoms with E-state index in [1.54, 1.807) is 55.5 Å². The first-order valence-electron chi connectivity index (χ1n) is 10.9. The van der Waals surface area contributed by atoms with Crippen molar-refractivity contribution in [2.24, 2.45) is 5.16 Å². The molecule has 0 N–H and O–H groups in total. The summed E-state index contributed by atoms with van der Waals surface area (Å²) < 4.78 is 15.1. The highest BCUT2D eigenvalue weighted by atomic mass is 32.2. The summed E-state index contributed by atoms with van der Waals surface area (Å²) in [6.07, 6.45) is 0.334. The predicted molar refractivity (Wildman–Crippen MR) is 129 cm³/mol. The van der Waals surface area contributed by atoms with E-state index in [0.29, 0.717) is 17.5 Å². The number of hydrogen-bond donors (Lipinski definition) is 0. The largest absolute Gasteiger partial charge is 0.463 e. The molecule has 0 aliphatic rings. The van der Waals surface area contributed by atoms with Crippen LogP contribution in [0.3, 0.4) is 0 Å². The van der Waals surface area contributed by atoms with Crippen molar-refractivity contribution in [3.05, 3.63) is 59.7 Å². The van der Waals surface area contributed by atoms with Crippen molar-refractivity contribution < 1.29 is 38.2 Å². The van der Waals surface area contributed by atoms with Crippen molar-refractivity contribution in [3.8, 4) is 0 Å². The molecule has 2 aromatic carbocycles. The van der Waals surface area contributed by atoms with Crippen LogP contribution in [0.15, 0.2) is 63.5 Å². The zero-order valence-corrected chi connectivity index (χ0v) is 20.6. The molecule has 35 heavy (non-hydrogen) atoms. The SMILES string of the molecule is CC/C(=N\OC(C)=O)C(=O)c1ccc(Sc2ccc(C(=O)OCCOCCOC(C)=O)cc2)cc1. The second-order valence-corrected chi connectivity index (χ2v) is 8.19. The van der Waals surface area contributed by atoms with Gasteiger partial charge >= 0.3 is 17.9 Å². The van der Waals surface area contributed by atoms with Crippen LogP contribution in [-0.2, 0) is 28.6 Å². The van der Waals surface area contributed by atoms with Crippen LogP contribution in [-0.4, -0.2) is 55.8 Å². The summed E-state index contributed by atoms with van der Waals surface area (Å²) in [6.45, 7) is 4.98. The lowest BCUT2D eigenvalue weighted by molar-refractivity contribution is -0.143. The molecule has 0 unspecified atom stereocenters. The Bertz CT molecular complexity index is 1050. The van der Waals surface area contributed by atoms with E-state index in [2.05, 4.69) is 9.99 Å². The molecule has 2 aromatic rings. The number of hydrogen-bond acceptors (Lipinski definition) is 10. The highest BCUT2D eigenvalue weighted by Crippen LogP contribution is 2.28. The van der Waals surface area contributed by atoms with Crippen LogP contribution in [0.1, 0.15) is 47.9 Å². The Morgan fingerprint density at radius 1 is 0.743 bits per heavy atom. The minimum atomic E-state index is -0.586. The summed E-state index contributed by atoms with van der Waals surface area (Å²) in [5, 5.41) is 3.62. The van der Waals surface area contributed by atoms with Crippen molar-refractivity contribution in [2.75, 3.05) is 26.4 Å². The molecule has 0 heterocycles. The maximum Gasteiger partial charge on any atom is 0.338 e. The molecule has 10 heteroatoms. The molecule has 0 spiro atoms. The molecule has 2 rings (SSSR count). The summed E-state index contributed by atoms with van der Waals surface area (Å²) >= 11 is 1.47. The van der Waals surface area contributed by atoms with Gasteiger partial charge in [-0.3, -0.25) is 9.59 Å². The van der Waals surface area contributed by atoms with Gasteiger partial charge in [0.25, 0.3) is 0 Å². The van der Waals surface area contributed by atoms with Gasteiger partial charge in [0.1, 0.15) is 18.9 Å². The maximum absolute atomic E-state index is 12.5. The fourth-order valence-electron chi connectivity index (χ4n) is 2.65. The molecular weight excluding hydrogens is 474 g/mol. The topological polar surface area (TPSA) is 118 Å². The molecule has 0 aliphatic heterocycles. The normalized spacial score (nSPS) is 11.0. The zero-order valence-electron chi connectivity index (χ0n) is 19.8. The Hall–Kier alpha value is -3.50. The fourth-order valence-corrected chi connectivity index (χ4v) is 3.46. The van der Waals surface area contributed by atoms with Crippen molar-refractivity contribution >= 4 is 41.2 Å². The first-order chi connectivity index (χ1) is 16.8. The van der Waals surface area contributed by atoms with Gasteiger partial charge in [-0.1, -0.05) is 23.8 Å². The summed E-state index contributed by atoms with van der Waals surface area (Å²) in [6, 6.07) is 13.9. The van der Waals surface area contributed by atoms with Crippen LogP contribution in [0, 0.1) is 0 Å². The van der Waals surface area contributed by atoms with Crippen LogP contribution < -0.4 is 0 Å². The average Bonchev–Trinajstić information content (AvgIpc) is 2.84.